The molecule has 1 N–H and O–H groups in total. The molecule has 1 unspecified atom stereocenters. The first-order valence-corrected chi connectivity index (χ1v) is 9.18. The van der Waals surface area contributed by atoms with E-state index in [2.05, 4.69) is 52.6 Å². The number of allylic oxidation sites excluding steroid dienone is 2. The Morgan fingerprint density at radius 1 is 1.38 bits per heavy atom. The molecule has 0 aliphatic carbocycles. The van der Waals surface area contributed by atoms with Crippen LogP contribution in [0.5, 0.6) is 5.75 Å². The highest BCUT2D eigenvalue weighted by Gasteiger charge is 2.32. The third kappa shape index (κ3) is 4.80. The minimum Gasteiger partial charge on any atom is -0.481 e. The van der Waals surface area contributed by atoms with E-state index < -0.39 is 5.60 Å². The SMILES string of the molecule is C=C(NC)C(CC)(CC)Oc1ccc(Cl)cc1C(C)C/C(C)=C/C. The summed E-state index contributed by atoms with van der Waals surface area (Å²) in [5.41, 5.74) is 3.02. The smallest absolute Gasteiger partial charge is 0.147 e. The van der Waals surface area contributed by atoms with Crippen LogP contribution in [0.4, 0.5) is 0 Å². The quantitative estimate of drug-likeness (QED) is 0.516. The van der Waals surface area contributed by atoms with Gasteiger partial charge in [0.05, 0.1) is 0 Å². The van der Waals surface area contributed by atoms with Crippen molar-refractivity contribution in [1.29, 1.82) is 0 Å². The van der Waals surface area contributed by atoms with Gasteiger partial charge in [0.2, 0.25) is 0 Å². The van der Waals surface area contributed by atoms with Crippen LogP contribution >= 0.6 is 11.6 Å². The molecule has 0 heterocycles. The molecule has 2 nitrogen and oxygen atoms in total. The van der Waals surface area contributed by atoms with Crippen molar-refractivity contribution in [2.75, 3.05) is 7.05 Å². The fourth-order valence-electron chi connectivity index (χ4n) is 3.03. The number of rotatable bonds is 9. The number of nitrogens with one attached hydrogen (secondary N) is 1. The summed E-state index contributed by atoms with van der Waals surface area (Å²) in [6.45, 7) is 14.9. The number of likely N-dealkylation sites (N-methyl/N-ethyl adjacent to an activating group) is 1. The largest absolute Gasteiger partial charge is 0.481 e. The van der Waals surface area contributed by atoms with Crippen molar-refractivity contribution < 1.29 is 4.74 Å². The normalized spacial score (nSPS) is 13.5. The average Bonchev–Trinajstić information content (AvgIpc) is 2.59. The highest BCUT2D eigenvalue weighted by molar-refractivity contribution is 6.30. The molecule has 24 heavy (non-hydrogen) atoms. The van der Waals surface area contributed by atoms with Crippen LogP contribution in [0.1, 0.15) is 65.4 Å². The van der Waals surface area contributed by atoms with E-state index in [-0.39, 0.29) is 0 Å². The zero-order chi connectivity index (χ0) is 18.3. The molecule has 0 bridgehead atoms. The molecule has 1 rings (SSSR count). The van der Waals surface area contributed by atoms with E-state index in [0.717, 1.165) is 41.3 Å². The van der Waals surface area contributed by atoms with Gasteiger partial charge in [-0.3, -0.25) is 0 Å². The number of ether oxygens (including phenoxy) is 1. The van der Waals surface area contributed by atoms with Crippen molar-refractivity contribution in [3.8, 4) is 5.75 Å². The number of hydrogen-bond acceptors (Lipinski definition) is 2. The Morgan fingerprint density at radius 3 is 2.50 bits per heavy atom. The molecule has 1 aromatic carbocycles. The zero-order valence-electron chi connectivity index (χ0n) is 16.0. The molecule has 1 aromatic rings. The second-order valence-corrected chi connectivity index (χ2v) is 6.89. The lowest BCUT2D eigenvalue weighted by atomic mass is 9.91. The fourth-order valence-corrected chi connectivity index (χ4v) is 3.21. The highest BCUT2D eigenvalue weighted by atomic mass is 35.5. The van der Waals surface area contributed by atoms with E-state index in [4.69, 9.17) is 16.3 Å². The lowest BCUT2D eigenvalue weighted by molar-refractivity contribution is 0.0908. The van der Waals surface area contributed by atoms with Gasteiger partial charge in [0.25, 0.3) is 0 Å². The summed E-state index contributed by atoms with van der Waals surface area (Å²) < 4.78 is 6.54. The second kappa shape index (κ2) is 9.17. The summed E-state index contributed by atoms with van der Waals surface area (Å²) in [6, 6.07) is 5.92. The monoisotopic (exact) mass is 349 g/mol. The summed E-state index contributed by atoms with van der Waals surface area (Å²) in [5.74, 6) is 1.24. The standard InChI is InChI=1S/C21H32ClNO/c1-8-15(4)13-16(5)19-14-18(22)11-12-20(19)24-21(9-2,10-3)17(6)23-7/h8,11-12,14,16,23H,6,9-10,13H2,1-5,7H3/b15-8+. The van der Waals surface area contributed by atoms with Gasteiger partial charge in [0, 0.05) is 17.8 Å². The van der Waals surface area contributed by atoms with Crippen LogP contribution in [0, 0.1) is 0 Å². The maximum absolute atomic E-state index is 6.54. The molecule has 3 heteroatoms. The van der Waals surface area contributed by atoms with Crippen molar-refractivity contribution in [3.05, 3.63) is 52.7 Å². The molecule has 1 atom stereocenters. The van der Waals surface area contributed by atoms with E-state index in [1.54, 1.807) is 0 Å². The summed E-state index contributed by atoms with van der Waals surface area (Å²) >= 11 is 6.26. The molecular weight excluding hydrogens is 318 g/mol. The van der Waals surface area contributed by atoms with Crippen molar-refractivity contribution >= 4 is 11.6 Å². The van der Waals surface area contributed by atoms with Gasteiger partial charge in [-0.05, 0) is 62.8 Å². The summed E-state index contributed by atoms with van der Waals surface area (Å²) in [6.07, 6.45) is 4.86. The molecule has 0 radical (unpaired) electrons. The van der Waals surface area contributed by atoms with Crippen LogP contribution in [-0.4, -0.2) is 12.6 Å². The molecule has 0 aliphatic rings. The van der Waals surface area contributed by atoms with Crippen molar-refractivity contribution in [3.63, 3.8) is 0 Å². The summed E-state index contributed by atoms with van der Waals surface area (Å²) in [4.78, 5) is 0. The predicted octanol–water partition coefficient (Wildman–Crippen LogP) is 6.47. The van der Waals surface area contributed by atoms with Crippen LogP contribution in [0.15, 0.2) is 42.1 Å². The molecular formula is C21H32ClNO. The first-order valence-electron chi connectivity index (χ1n) is 8.80. The van der Waals surface area contributed by atoms with Crippen LogP contribution in [0.2, 0.25) is 5.02 Å². The number of benzene rings is 1. The van der Waals surface area contributed by atoms with Crippen LogP contribution < -0.4 is 10.1 Å². The molecule has 0 saturated carbocycles. The molecule has 0 fully saturated rings. The Kier molecular flexibility index (Phi) is 7.89. The van der Waals surface area contributed by atoms with Gasteiger partial charge in [0.15, 0.2) is 0 Å². The van der Waals surface area contributed by atoms with E-state index in [1.807, 2.05) is 25.2 Å². The van der Waals surface area contributed by atoms with E-state index in [1.165, 1.54) is 5.57 Å². The van der Waals surface area contributed by atoms with Crippen LogP contribution in [0.25, 0.3) is 0 Å². The van der Waals surface area contributed by atoms with Gasteiger partial charge in [-0.2, -0.15) is 0 Å². The van der Waals surface area contributed by atoms with Crippen molar-refractivity contribution in [2.24, 2.45) is 0 Å². The fraction of sp³-hybridized carbons (Fsp3) is 0.524. The third-order valence-corrected chi connectivity index (χ3v) is 5.16. The van der Waals surface area contributed by atoms with Gasteiger partial charge in [-0.15, -0.1) is 0 Å². The minimum absolute atomic E-state index is 0.337. The van der Waals surface area contributed by atoms with Crippen molar-refractivity contribution in [1.82, 2.24) is 5.32 Å². The summed E-state index contributed by atoms with van der Waals surface area (Å²) in [7, 11) is 1.90. The zero-order valence-corrected chi connectivity index (χ0v) is 16.8. The van der Waals surface area contributed by atoms with Gasteiger partial charge in [-0.1, -0.05) is 50.6 Å². The van der Waals surface area contributed by atoms with Gasteiger partial charge in [0.1, 0.15) is 11.4 Å². The topological polar surface area (TPSA) is 21.3 Å². The first-order chi connectivity index (χ1) is 11.3. The third-order valence-electron chi connectivity index (χ3n) is 4.92. The van der Waals surface area contributed by atoms with Crippen molar-refractivity contribution in [2.45, 2.75) is 65.4 Å². The Labute approximate surface area is 152 Å². The molecule has 134 valence electrons. The highest BCUT2D eigenvalue weighted by Crippen LogP contribution is 2.37. The van der Waals surface area contributed by atoms with Crippen LogP contribution in [0.3, 0.4) is 0 Å². The Hall–Kier alpha value is -1.41. The molecule has 0 spiro atoms. The summed E-state index contributed by atoms with van der Waals surface area (Å²) in [5, 5.41) is 3.92. The molecule has 0 aromatic heterocycles. The Balaban J connectivity index is 3.26. The first kappa shape index (κ1) is 20.6. The maximum atomic E-state index is 6.54. The Bertz CT molecular complexity index is 588. The lowest BCUT2D eigenvalue weighted by Gasteiger charge is -2.35. The van der Waals surface area contributed by atoms with E-state index in [9.17, 15) is 0 Å². The van der Waals surface area contributed by atoms with Gasteiger partial charge < -0.3 is 10.1 Å². The Morgan fingerprint density at radius 2 is 2.00 bits per heavy atom. The van der Waals surface area contributed by atoms with E-state index >= 15 is 0 Å². The predicted molar refractivity (Wildman–Crippen MR) is 106 cm³/mol. The maximum Gasteiger partial charge on any atom is 0.147 e. The second-order valence-electron chi connectivity index (χ2n) is 6.45. The van der Waals surface area contributed by atoms with Crippen LogP contribution in [-0.2, 0) is 0 Å². The molecule has 0 saturated heterocycles. The average molecular weight is 350 g/mol. The van der Waals surface area contributed by atoms with Gasteiger partial charge in [-0.25, -0.2) is 0 Å². The minimum atomic E-state index is -0.410. The lowest BCUT2D eigenvalue weighted by Crippen LogP contribution is -2.41. The number of hydrogen-bond donors (Lipinski definition) is 1. The molecule has 0 amide bonds. The van der Waals surface area contributed by atoms with Gasteiger partial charge >= 0.3 is 0 Å². The molecule has 0 aliphatic heterocycles. The number of halogens is 1. The van der Waals surface area contributed by atoms with E-state index in [0.29, 0.717) is 5.92 Å².